The summed E-state index contributed by atoms with van der Waals surface area (Å²) < 4.78 is 11.4. The Morgan fingerprint density at radius 1 is 1.11 bits per heavy atom. The van der Waals surface area contributed by atoms with Crippen LogP contribution in [0, 0.1) is 6.92 Å². The molecule has 3 amide bonds. The Labute approximate surface area is 219 Å². The number of thiophene rings is 1. The van der Waals surface area contributed by atoms with Crippen LogP contribution in [-0.2, 0) is 20.8 Å². The number of hydrogen-bond acceptors (Lipinski definition) is 6. The Balaban J connectivity index is 1.35. The van der Waals surface area contributed by atoms with Crippen LogP contribution in [0.2, 0.25) is 0 Å². The van der Waals surface area contributed by atoms with Crippen LogP contribution >= 0.6 is 11.3 Å². The van der Waals surface area contributed by atoms with Crippen LogP contribution in [0.25, 0.3) is 0 Å². The van der Waals surface area contributed by atoms with E-state index in [0.29, 0.717) is 29.3 Å². The number of benzene rings is 2. The van der Waals surface area contributed by atoms with Gasteiger partial charge in [-0.15, -0.1) is 11.3 Å². The number of nitrogens with zero attached hydrogens (tertiary/aromatic N) is 1. The van der Waals surface area contributed by atoms with Crippen molar-refractivity contribution in [2.24, 2.45) is 0 Å². The molecule has 0 radical (unpaired) electrons. The number of aryl methyl sites for hydroxylation is 1. The third-order valence-electron chi connectivity index (χ3n) is 6.56. The molecule has 2 saturated heterocycles. The summed E-state index contributed by atoms with van der Waals surface area (Å²) >= 11 is 1.36. The molecule has 37 heavy (non-hydrogen) atoms. The highest BCUT2D eigenvalue weighted by Crippen LogP contribution is 2.35. The van der Waals surface area contributed by atoms with Crippen molar-refractivity contribution < 1.29 is 23.9 Å². The zero-order valence-corrected chi connectivity index (χ0v) is 21.3. The molecule has 9 heteroatoms. The molecule has 2 fully saturated rings. The molecule has 2 aliphatic heterocycles. The lowest BCUT2D eigenvalue weighted by Crippen LogP contribution is -2.47. The van der Waals surface area contributed by atoms with Crippen molar-refractivity contribution in [2.45, 2.75) is 44.6 Å². The van der Waals surface area contributed by atoms with Gasteiger partial charge >= 0.3 is 6.09 Å². The summed E-state index contributed by atoms with van der Waals surface area (Å²) in [5.41, 5.74) is 3.27. The highest BCUT2D eigenvalue weighted by Gasteiger charge is 2.47. The maximum Gasteiger partial charge on any atom is 0.411 e. The average Bonchev–Trinajstić information content (AvgIpc) is 3.66. The van der Waals surface area contributed by atoms with Gasteiger partial charge in [0.05, 0.1) is 17.5 Å². The zero-order chi connectivity index (χ0) is 25.8. The van der Waals surface area contributed by atoms with Gasteiger partial charge in [0.1, 0.15) is 0 Å². The molecule has 0 bridgehead atoms. The summed E-state index contributed by atoms with van der Waals surface area (Å²) in [5.74, 6) is -0.472. The largest absolute Gasteiger partial charge is 0.438 e. The second-order valence-electron chi connectivity index (χ2n) is 9.30. The summed E-state index contributed by atoms with van der Waals surface area (Å²) in [5, 5.41) is 7.68. The molecular formula is C28H29N3O5S. The van der Waals surface area contributed by atoms with Crippen molar-refractivity contribution >= 4 is 34.9 Å². The molecule has 2 aliphatic rings. The fourth-order valence-corrected chi connectivity index (χ4v) is 5.32. The van der Waals surface area contributed by atoms with E-state index < -0.39 is 18.2 Å². The van der Waals surface area contributed by atoms with Crippen LogP contribution in [0.4, 0.5) is 10.5 Å². The Morgan fingerprint density at radius 2 is 1.95 bits per heavy atom. The molecule has 0 spiro atoms. The van der Waals surface area contributed by atoms with Gasteiger partial charge < -0.3 is 20.1 Å². The van der Waals surface area contributed by atoms with Gasteiger partial charge in [0.25, 0.3) is 5.91 Å². The molecule has 3 heterocycles. The SMILES string of the molecule is Cc1cccc(CN2C(=O)O[C@H](c3ccc(NC(=O)c4cccs4)cc3)[C@@H]2C(=O)NC[C@H]2CCCO2)c1. The molecule has 5 rings (SSSR count). The Hall–Kier alpha value is -3.69. The topological polar surface area (TPSA) is 97.0 Å². The van der Waals surface area contributed by atoms with Crippen molar-refractivity contribution in [1.29, 1.82) is 0 Å². The molecule has 2 aromatic carbocycles. The summed E-state index contributed by atoms with van der Waals surface area (Å²) in [6, 6.07) is 17.6. The number of cyclic esters (lactones) is 1. The van der Waals surface area contributed by atoms with Gasteiger partial charge in [0.2, 0.25) is 5.91 Å². The number of carbonyl (C=O) groups is 3. The van der Waals surface area contributed by atoms with E-state index in [1.807, 2.05) is 42.6 Å². The molecule has 0 aliphatic carbocycles. The molecule has 0 unspecified atom stereocenters. The van der Waals surface area contributed by atoms with E-state index in [1.54, 1.807) is 30.3 Å². The third kappa shape index (κ3) is 5.84. The molecule has 1 aromatic heterocycles. The predicted octanol–water partition coefficient (Wildman–Crippen LogP) is 4.67. The number of rotatable bonds is 8. The van der Waals surface area contributed by atoms with E-state index in [4.69, 9.17) is 9.47 Å². The molecule has 0 saturated carbocycles. The lowest BCUT2D eigenvalue weighted by atomic mass is 10.00. The van der Waals surface area contributed by atoms with Crippen molar-refractivity contribution in [3.8, 4) is 0 Å². The molecule has 3 aromatic rings. The molecule has 8 nitrogen and oxygen atoms in total. The Bertz CT molecular complexity index is 1260. The second kappa shape index (κ2) is 11.1. The number of hydrogen-bond donors (Lipinski definition) is 2. The van der Waals surface area contributed by atoms with E-state index >= 15 is 0 Å². The summed E-state index contributed by atoms with van der Waals surface area (Å²) in [6.45, 7) is 3.33. The average molecular weight is 520 g/mol. The van der Waals surface area contributed by atoms with Crippen molar-refractivity contribution in [2.75, 3.05) is 18.5 Å². The van der Waals surface area contributed by atoms with E-state index in [-0.39, 0.29) is 24.5 Å². The van der Waals surface area contributed by atoms with Crippen LogP contribution in [0.1, 0.15) is 45.3 Å². The van der Waals surface area contributed by atoms with Gasteiger partial charge in [-0.05, 0) is 54.5 Å². The minimum Gasteiger partial charge on any atom is -0.438 e. The Morgan fingerprint density at radius 3 is 2.65 bits per heavy atom. The fraction of sp³-hybridized carbons (Fsp3) is 0.321. The van der Waals surface area contributed by atoms with Gasteiger partial charge in [0.15, 0.2) is 12.1 Å². The van der Waals surface area contributed by atoms with Crippen molar-refractivity contribution in [3.63, 3.8) is 0 Å². The predicted molar refractivity (Wildman–Crippen MR) is 140 cm³/mol. The minimum atomic E-state index is -0.846. The van der Waals surface area contributed by atoms with E-state index in [1.165, 1.54) is 16.2 Å². The standard InChI is InChI=1S/C28H29N3O5S/c1-18-5-2-6-19(15-18)17-31-24(27(33)29-16-22-7-3-13-35-22)25(36-28(31)34)20-9-11-21(12-10-20)30-26(32)23-8-4-14-37-23/h2,4-6,8-12,14-15,22,24-25H,3,7,13,16-17H2,1H3,(H,29,33)(H,30,32)/t22-,24-,25-/m1/s1. The molecule has 3 atom stereocenters. The van der Waals surface area contributed by atoms with Crippen LogP contribution in [0.5, 0.6) is 0 Å². The van der Waals surface area contributed by atoms with E-state index in [2.05, 4.69) is 10.6 Å². The van der Waals surface area contributed by atoms with Gasteiger partial charge in [0, 0.05) is 18.8 Å². The van der Waals surface area contributed by atoms with Gasteiger partial charge in [-0.2, -0.15) is 0 Å². The van der Waals surface area contributed by atoms with Crippen molar-refractivity contribution in [3.05, 3.63) is 87.6 Å². The lowest BCUT2D eigenvalue weighted by molar-refractivity contribution is -0.126. The third-order valence-corrected chi connectivity index (χ3v) is 7.43. The van der Waals surface area contributed by atoms with E-state index in [0.717, 1.165) is 24.0 Å². The highest BCUT2D eigenvalue weighted by atomic mass is 32.1. The smallest absolute Gasteiger partial charge is 0.411 e. The Kier molecular flexibility index (Phi) is 7.52. The number of nitrogens with one attached hydrogen (secondary N) is 2. The van der Waals surface area contributed by atoms with Crippen LogP contribution < -0.4 is 10.6 Å². The maximum atomic E-state index is 13.4. The first-order chi connectivity index (χ1) is 18.0. The van der Waals surface area contributed by atoms with Gasteiger partial charge in [-0.25, -0.2) is 4.79 Å². The maximum absolute atomic E-state index is 13.4. The number of anilines is 1. The molecule has 192 valence electrons. The quantitative estimate of drug-likeness (QED) is 0.451. The van der Waals surface area contributed by atoms with Crippen LogP contribution in [0.3, 0.4) is 0 Å². The minimum absolute atomic E-state index is 0.0168. The zero-order valence-electron chi connectivity index (χ0n) is 20.5. The van der Waals surface area contributed by atoms with Crippen molar-refractivity contribution in [1.82, 2.24) is 10.2 Å². The molecule has 2 N–H and O–H groups in total. The first kappa shape index (κ1) is 25.0. The second-order valence-corrected chi connectivity index (χ2v) is 10.2. The summed E-state index contributed by atoms with van der Waals surface area (Å²) in [4.78, 5) is 40.9. The normalized spacial score (nSPS) is 21.1. The summed E-state index contributed by atoms with van der Waals surface area (Å²) in [7, 11) is 0. The number of ether oxygens (including phenoxy) is 2. The van der Waals surface area contributed by atoms with Gasteiger partial charge in [-0.3, -0.25) is 14.5 Å². The fourth-order valence-electron chi connectivity index (χ4n) is 4.70. The van der Waals surface area contributed by atoms with Gasteiger partial charge in [-0.1, -0.05) is 48.0 Å². The van der Waals surface area contributed by atoms with Crippen LogP contribution in [-0.4, -0.2) is 48.1 Å². The first-order valence-electron chi connectivity index (χ1n) is 12.3. The first-order valence-corrected chi connectivity index (χ1v) is 13.2. The monoisotopic (exact) mass is 519 g/mol. The molecular weight excluding hydrogens is 490 g/mol. The highest BCUT2D eigenvalue weighted by molar-refractivity contribution is 7.12. The summed E-state index contributed by atoms with van der Waals surface area (Å²) in [6.07, 6.45) is 0.526. The van der Waals surface area contributed by atoms with Crippen LogP contribution in [0.15, 0.2) is 66.0 Å². The number of carbonyl (C=O) groups excluding carboxylic acids is 3. The lowest BCUT2D eigenvalue weighted by Gasteiger charge is -2.25. The van der Waals surface area contributed by atoms with E-state index in [9.17, 15) is 14.4 Å². The number of amides is 3.